The second-order valence-corrected chi connectivity index (χ2v) is 5.55. The number of H-pyrrole nitrogens is 1. The Labute approximate surface area is 149 Å². The number of fused-ring (bicyclic) bond motifs is 1. The van der Waals surface area contributed by atoms with Crippen molar-refractivity contribution in [1.29, 1.82) is 0 Å². The first-order chi connectivity index (χ1) is 12.7. The lowest BCUT2D eigenvalue weighted by Crippen LogP contribution is -2.34. The lowest BCUT2D eigenvalue weighted by Gasteiger charge is -2.18. The third-order valence-corrected chi connectivity index (χ3v) is 3.98. The highest BCUT2D eigenvalue weighted by molar-refractivity contribution is 5.92. The van der Waals surface area contributed by atoms with Crippen LogP contribution < -0.4 is 0 Å². The Bertz CT molecular complexity index is 835. The number of amides is 1. The zero-order valence-electron chi connectivity index (χ0n) is 13.9. The Kier molecular flexibility index (Phi) is 5.37. The number of carbonyl (C=O) groups excluding carboxylic acids is 1. The van der Waals surface area contributed by atoms with Crippen molar-refractivity contribution in [2.75, 3.05) is 13.1 Å². The van der Waals surface area contributed by atoms with Crippen molar-refractivity contribution in [1.82, 2.24) is 29.6 Å². The molecule has 0 aliphatic carbocycles. The molecule has 0 atom stereocenters. The molecule has 0 bridgehead atoms. The van der Waals surface area contributed by atoms with Crippen LogP contribution in [0.2, 0.25) is 0 Å². The van der Waals surface area contributed by atoms with Gasteiger partial charge in [0.1, 0.15) is 11.5 Å². The third-order valence-electron chi connectivity index (χ3n) is 3.98. The van der Waals surface area contributed by atoms with E-state index in [1.807, 2.05) is 39.9 Å². The fourth-order valence-corrected chi connectivity index (χ4v) is 2.76. The second kappa shape index (κ2) is 8.06. The Morgan fingerprint density at radius 3 is 2.65 bits per heavy atom. The highest BCUT2D eigenvalue weighted by atomic mass is 16.3. The van der Waals surface area contributed by atoms with Crippen LogP contribution in [0.3, 0.4) is 0 Å². The normalized spacial score (nSPS) is 13.2. The average molecular weight is 354 g/mol. The van der Waals surface area contributed by atoms with Crippen molar-refractivity contribution >= 4 is 12.4 Å². The van der Waals surface area contributed by atoms with E-state index in [1.165, 1.54) is 6.33 Å². The maximum absolute atomic E-state index is 12.4. The summed E-state index contributed by atoms with van der Waals surface area (Å²) in [6.07, 6.45) is 3.76. The first-order valence-electron chi connectivity index (χ1n) is 8.07. The molecule has 0 unspecified atom stereocenters. The van der Waals surface area contributed by atoms with Gasteiger partial charge in [0, 0.05) is 25.1 Å². The fraction of sp³-hybridized carbons (Fsp3) is 0.235. The lowest BCUT2D eigenvalue weighted by molar-refractivity contribution is -0.122. The number of nitrogens with zero attached hydrogens (tertiary/aromatic N) is 5. The van der Waals surface area contributed by atoms with Gasteiger partial charge in [-0.15, -0.1) is 0 Å². The van der Waals surface area contributed by atoms with E-state index in [0.717, 1.165) is 17.2 Å². The smallest absolute Gasteiger partial charge is 0.290 e. The van der Waals surface area contributed by atoms with Gasteiger partial charge in [-0.1, -0.05) is 30.3 Å². The molecule has 0 spiro atoms. The van der Waals surface area contributed by atoms with Crippen LogP contribution in [0.15, 0.2) is 42.9 Å². The number of aromatic amines is 1. The quantitative estimate of drug-likeness (QED) is 0.665. The van der Waals surface area contributed by atoms with Crippen molar-refractivity contribution in [2.24, 2.45) is 0 Å². The highest BCUT2D eigenvalue weighted by Gasteiger charge is 2.22. The molecule has 2 aromatic heterocycles. The van der Waals surface area contributed by atoms with Crippen LogP contribution in [0, 0.1) is 0 Å². The van der Waals surface area contributed by atoms with Gasteiger partial charge >= 0.3 is 0 Å². The number of carbonyl (C=O) groups is 2. The molecule has 2 N–H and O–H groups in total. The number of rotatable bonds is 2. The predicted octanol–water partition coefficient (Wildman–Crippen LogP) is 1.07. The van der Waals surface area contributed by atoms with E-state index in [2.05, 4.69) is 20.1 Å². The zero-order chi connectivity index (χ0) is 18.4. The van der Waals surface area contributed by atoms with E-state index in [9.17, 15) is 4.79 Å². The maximum atomic E-state index is 12.4. The van der Waals surface area contributed by atoms with Crippen LogP contribution in [-0.2, 0) is 17.8 Å². The van der Waals surface area contributed by atoms with Gasteiger partial charge in [0.2, 0.25) is 0 Å². The van der Waals surface area contributed by atoms with E-state index in [0.29, 0.717) is 31.7 Å². The van der Waals surface area contributed by atoms with E-state index < -0.39 is 0 Å². The molecule has 0 saturated carbocycles. The molecular formula is C17H18N6O3. The van der Waals surface area contributed by atoms with Crippen LogP contribution in [0.5, 0.6) is 0 Å². The second-order valence-electron chi connectivity index (χ2n) is 5.55. The van der Waals surface area contributed by atoms with Crippen LogP contribution in [0.4, 0.5) is 0 Å². The molecule has 1 aromatic carbocycles. The van der Waals surface area contributed by atoms with E-state index in [-0.39, 0.29) is 12.4 Å². The summed E-state index contributed by atoms with van der Waals surface area (Å²) in [6.45, 7) is 1.64. The van der Waals surface area contributed by atoms with Crippen molar-refractivity contribution in [3.8, 4) is 11.4 Å². The van der Waals surface area contributed by atoms with Crippen LogP contribution in [-0.4, -0.2) is 60.2 Å². The maximum Gasteiger partial charge on any atom is 0.290 e. The van der Waals surface area contributed by atoms with Gasteiger partial charge < -0.3 is 15.0 Å². The molecule has 1 amide bonds. The molecule has 134 valence electrons. The summed E-state index contributed by atoms with van der Waals surface area (Å²) in [7, 11) is 0. The number of hydrogen-bond donors (Lipinski definition) is 2. The molecule has 3 aromatic rings. The zero-order valence-corrected chi connectivity index (χ0v) is 13.9. The van der Waals surface area contributed by atoms with E-state index in [1.54, 1.807) is 6.20 Å². The molecule has 0 radical (unpaired) electrons. The highest BCUT2D eigenvalue weighted by Crippen LogP contribution is 2.17. The summed E-state index contributed by atoms with van der Waals surface area (Å²) in [5.74, 6) is 1.63. The number of hydrogen-bond acceptors (Lipinski definition) is 5. The molecule has 1 aliphatic heterocycles. The Hall–Kier alpha value is -3.49. The van der Waals surface area contributed by atoms with Gasteiger partial charge in [0.15, 0.2) is 5.82 Å². The third kappa shape index (κ3) is 3.77. The largest absolute Gasteiger partial charge is 0.483 e. The Balaban J connectivity index is 0.000000613. The minimum Gasteiger partial charge on any atom is -0.483 e. The molecule has 26 heavy (non-hydrogen) atoms. The minimum absolute atomic E-state index is 0.0310. The van der Waals surface area contributed by atoms with Crippen molar-refractivity contribution in [2.45, 2.75) is 13.0 Å². The first kappa shape index (κ1) is 17.3. The number of nitrogens with one attached hydrogen (secondary N) is 1. The molecule has 0 saturated heterocycles. The number of imidazole rings is 1. The van der Waals surface area contributed by atoms with Crippen molar-refractivity contribution in [3.05, 3.63) is 54.4 Å². The molecule has 9 nitrogen and oxygen atoms in total. The Morgan fingerprint density at radius 2 is 1.96 bits per heavy atom. The number of benzene rings is 1. The van der Waals surface area contributed by atoms with Gasteiger partial charge in [-0.3, -0.25) is 9.59 Å². The molecule has 3 heterocycles. The molecule has 4 rings (SSSR count). The monoisotopic (exact) mass is 354 g/mol. The van der Waals surface area contributed by atoms with Crippen LogP contribution in [0.1, 0.15) is 16.3 Å². The summed E-state index contributed by atoms with van der Waals surface area (Å²) in [5.41, 5.74) is 1.53. The first-order valence-corrected chi connectivity index (χ1v) is 8.07. The van der Waals surface area contributed by atoms with Gasteiger partial charge in [0.05, 0.1) is 19.1 Å². The predicted molar refractivity (Wildman–Crippen MR) is 92.3 cm³/mol. The average Bonchev–Trinajstić information content (AvgIpc) is 3.30. The molecular weight excluding hydrogens is 336 g/mol. The molecule has 1 aliphatic rings. The fourth-order valence-electron chi connectivity index (χ4n) is 2.76. The summed E-state index contributed by atoms with van der Waals surface area (Å²) in [6, 6.07) is 9.94. The summed E-state index contributed by atoms with van der Waals surface area (Å²) >= 11 is 0. The summed E-state index contributed by atoms with van der Waals surface area (Å²) in [4.78, 5) is 33.9. The lowest BCUT2D eigenvalue weighted by atomic mass is 10.2. The van der Waals surface area contributed by atoms with Crippen LogP contribution in [0.25, 0.3) is 11.4 Å². The molecule has 0 fully saturated rings. The topological polar surface area (TPSA) is 117 Å². The summed E-state index contributed by atoms with van der Waals surface area (Å²) < 4.78 is 1.91. The van der Waals surface area contributed by atoms with Gasteiger partial charge in [-0.05, 0) is 0 Å². The van der Waals surface area contributed by atoms with Gasteiger partial charge in [-0.2, -0.15) is 5.10 Å². The Morgan fingerprint density at radius 1 is 1.19 bits per heavy atom. The standard InChI is InChI=1S/C16H16N6O.CH2O2/c23-16(13-10-17-11-18-13)21-7-6-14-19-15(20-22(14)9-8-21)12-4-2-1-3-5-12;2-1-3/h1-5,10-11H,6-9H2,(H,17,18);1H,(H,2,3). The number of aromatic nitrogens is 5. The van der Waals surface area contributed by atoms with Gasteiger partial charge in [-0.25, -0.2) is 14.6 Å². The number of carboxylic acid groups (broad SMARTS) is 1. The summed E-state index contributed by atoms with van der Waals surface area (Å²) in [5, 5.41) is 11.5. The SMILES string of the molecule is O=C(c1cnc[nH]1)N1CCc2nc(-c3ccccc3)nn2CC1.O=CO. The van der Waals surface area contributed by atoms with Crippen molar-refractivity contribution < 1.29 is 14.7 Å². The van der Waals surface area contributed by atoms with Gasteiger partial charge in [0.25, 0.3) is 12.4 Å². The molecule has 9 heteroatoms. The van der Waals surface area contributed by atoms with E-state index >= 15 is 0 Å². The van der Waals surface area contributed by atoms with Crippen molar-refractivity contribution in [3.63, 3.8) is 0 Å². The van der Waals surface area contributed by atoms with E-state index in [4.69, 9.17) is 9.90 Å². The minimum atomic E-state index is -0.250. The van der Waals surface area contributed by atoms with Crippen LogP contribution >= 0.6 is 0 Å².